The maximum atomic E-state index is 11.1. The van der Waals surface area contributed by atoms with E-state index in [0.717, 1.165) is 0 Å². The van der Waals surface area contributed by atoms with Crippen molar-refractivity contribution in [2.24, 2.45) is 0 Å². The summed E-state index contributed by atoms with van der Waals surface area (Å²) >= 11 is 0. The first-order chi connectivity index (χ1) is 8.99. The molecular weight excluding hydrogens is 248 g/mol. The first-order valence-corrected chi connectivity index (χ1v) is 6.08. The molecule has 2 N–H and O–H groups in total. The van der Waals surface area contributed by atoms with Crippen LogP contribution in [0.15, 0.2) is 6.20 Å². The Hall–Kier alpha value is -2.02. The molecule has 0 spiro atoms. The molecule has 102 valence electrons. The molecule has 2 heterocycles. The van der Waals surface area contributed by atoms with Gasteiger partial charge in [0.2, 0.25) is 5.91 Å². The highest BCUT2D eigenvalue weighted by Crippen LogP contribution is 2.24. The zero-order valence-corrected chi connectivity index (χ0v) is 10.9. The first-order valence-electron chi connectivity index (χ1n) is 6.08. The predicted octanol–water partition coefficient (Wildman–Crippen LogP) is 0.585. The van der Waals surface area contributed by atoms with Crippen molar-refractivity contribution in [1.82, 2.24) is 15.6 Å². The number of pyridine rings is 1. The highest BCUT2D eigenvalue weighted by atomic mass is 16.6. The topological polar surface area (TPSA) is 97.2 Å². The minimum atomic E-state index is -0.378. The average Bonchev–Trinajstić information content (AvgIpc) is 2.74. The van der Waals surface area contributed by atoms with Gasteiger partial charge < -0.3 is 10.6 Å². The van der Waals surface area contributed by atoms with Crippen LogP contribution in [0, 0.1) is 24.0 Å². The second kappa shape index (κ2) is 5.31. The molecule has 1 atom stereocenters. The number of nitrogens with one attached hydrogen (secondary N) is 2. The van der Waals surface area contributed by atoms with Crippen molar-refractivity contribution >= 4 is 11.6 Å². The Balaban J connectivity index is 2.10. The summed E-state index contributed by atoms with van der Waals surface area (Å²) in [7, 11) is 0. The normalized spacial score (nSPS) is 18.4. The van der Waals surface area contributed by atoms with Crippen molar-refractivity contribution in [3.05, 3.63) is 33.1 Å². The number of carbonyl (C=O) groups excluding carboxylic acids is 1. The van der Waals surface area contributed by atoms with E-state index in [-0.39, 0.29) is 22.6 Å². The lowest BCUT2D eigenvalue weighted by atomic mass is 10.1. The van der Waals surface area contributed by atoms with Gasteiger partial charge in [0.05, 0.1) is 10.6 Å². The van der Waals surface area contributed by atoms with Crippen LogP contribution in [0.4, 0.5) is 5.69 Å². The van der Waals surface area contributed by atoms with E-state index in [9.17, 15) is 14.9 Å². The fourth-order valence-corrected chi connectivity index (χ4v) is 2.21. The Morgan fingerprint density at radius 3 is 2.89 bits per heavy atom. The van der Waals surface area contributed by atoms with Gasteiger partial charge in [-0.3, -0.25) is 19.9 Å². The van der Waals surface area contributed by atoms with Crippen LogP contribution in [-0.4, -0.2) is 28.4 Å². The summed E-state index contributed by atoms with van der Waals surface area (Å²) in [5.74, 6) is 0.0251. The number of amides is 1. The summed E-state index contributed by atoms with van der Waals surface area (Å²) < 4.78 is 0. The lowest BCUT2D eigenvalue weighted by Crippen LogP contribution is -2.31. The number of rotatable bonds is 4. The number of aryl methyl sites for hydroxylation is 1. The molecular formula is C12H16N4O3. The van der Waals surface area contributed by atoms with Gasteiger partial charge in [0.1, 0.15) is 0 Å². The van der Waals surface area contributed by atoms with Crippen LogP contribution in [0.5, 0.6) is 0 Å². The van der Waals surface area contributed by atoms with Gasteiger partial charge in [-0.1, -0.05) is 0 Å². The van der Waals surface area contributed by atoms with Crippen molar-refractivity contribution in [2.75, 3.05) is 6.54 Å². The Labute approximate surface area is 110 Å². The van der Waals surface area contributed by atoms with Crippen molar-refractivity contribution in [3.8, 4) is 0 Å². The molecule has 1 aromatic rings. The zero-order valence-electron chi connectivity index (χ0n) is 10.9. The number of aromatic nitrogens is 1. The van der Waals surface area contributed by atoms with Crippen LogP contribution in [-0.2, 0) is 11.3 Å². The lowest BCUT2D eigenvalue weighted by molar-refractivity contribution is -0.386. The Bertz CT molecular complexity index is 530. The van der Waals surface area contributed by atoms with Crippen LogP contribution in [0.2, 0.25) is 0 Å². The zero-order chi connectivity index (χ0) is 14.0. The van der Waals surface area contributed by atoms with Crippen LogP contribution >= 0.6 is 0 Å². The van der Waals surface area contributed by atoms with Gasteiger partial charge in [-0.15, -0.1) is 0 Å². The number of nitro groups is 1. The highest BCUT2D eigenvalue weighted by molar-refractivity contribution is 5.78. The van der Waals surface area contributed by atoms with Gasteiger partial charge in [-0.25, -0.2) is 0 Å². The number of hydrogen-bond donors (Lipinski definition) is 2. The summed E-state index contributed by atoms with van der Waals surface area (Å²) in [4.78, 5) is 25.9. The van der Waals surface area contributed by atoms with Gasteiger partial charge in [0.15, 0.2) is 0 Å². The van der Waals surface area contributed by atoms with E-state index in [0.29, 0.717) is 36.3 Å². The fraction of sp³-hybridized carbons (Fsp3) is 0.500. The van der Waals surface area contributed by atoms with E-state index in [1.807, 2.05) is 0 Å². The molecule has 0 aliphatic carbocycles. The van der Waals surface area contributed by atoms with Gasteiger partial charge >= 0.3 is 0 Å². The molecule has 0 bridgehead atoms. The highest BCUT2D eigenvalue weighted by Gasteiger charge is 2.22. The molecule has 7 heteroatoms. The van der Waals surface area contributed by atoms with Gasteiger partial charge in [0, 0.05) is 42.9 Å². The minimum absolute atomic E-state index is 0.0251. The second-order valence-corrected chi connectivity index (χ2v) is 4.70. The third kappa shape index (κ3) is 2.87. The maximum Gasteiger partial charge on any atom is 0.278 e. The molecule has 1 saturated heterocycles. The molecule has 1 aromatic heterocycles. The van der Waals surface area contributed by atoms with E-state index in [4.69, 9.17) is 0 Å². The smallest absolute Gasteiger partial charge is 0.278 e. The van der Waals surface area contributed by atoms with E-state index in [1.165, 1.54) is 6.20 Å². The molecule has 0 saturated carbocycles. The summed E-state index contributed by atoms with van der Waals surface area (Å²) in [6.07, 6.45) is 1.95. The molecule has 1 amide bonds. The van der Waals surface area contributed by atoms with Crippen molar-refractivity contribution in [3.63, 3.8) is 0 Å². The van der Waals surface area contributed by atoms with E-state index in [2.05, 4.69) is 15.6 Å². The Morgan fingerprint density at radius 2 is 2.32 bits per heavy atom. The summed E-state index contributed by atoms with van der Waals surface area (Å²) in [5.41, 5.74) is 1.91. The molecule has 1 unspecified atom stereocenters. The van der Waals surface area contributed by atoms with Gasteiger partial charge in [0.25, 0.3) is 5.69 Å². The van der Waals surface area contributed by atoms with Crippen molar-refractivity contribution < 1.29 is 9.72 Å². The third-order valence-electron chi connectivity index (χ3n) is 3.29. The monoisotopic (exact) mass is 264 g/mol. The van der Waals surface area contributed by atoms with Crippen LogP contribution in [0.25, 0.3) is 0 Å². The molecule has 0 radical (unpaired) electrons. The summed E-state index contributed by atoms with van der Waals surface area (Å²) in [6, 6.07) is 0.0639. The van der Waals surface area contributed by atoms with E-state index < -0.39 is 0 Å². The van der Waals surface area contributed by atoms with Crippen molar-refractivity contribution in [2.45, 2.75) is 32.9 Å². The van der Waals surface area contributed by atoms with Crippen molar-refractivity contribution in [1.29, 1.82) is 0 Å². The van der Waals surface area contributed by atoms with Gasteiger partial charge in [-0.2, -0.15) is 0 Å². The molecule has 1 aliphatic heterocycles. The standard InChI is InChI=1S/C12H16N4O3/c1-7-4-14-10(8(2)12(7)16(18)19)6-13-9-3-11(17)15-5-9/h4,9,13H,3,5-6H2,1-2H3,(H,15,17). The summed E-state index contributed by atoms with van der Waals surface area (Å²) in [5, 5.41) is 16.9. The Morgan fingerprint density at radius 1 is 1.58 bits per heavy atom. The molecule has 19 heavy (non-hydrogen) atoms. The molecule has 2 rings (SSSR count). The Kier molecular flexibility index (Phi) is 3.75. The fourth-order valence-electron chi connectivity index (χ4n) is 2.21. The third-order valence-corrected chi connectivity index (χ3v) is 3.29. The van der Waals surface area contributed by atoms with E-state index >= 15 is 0 Å². The average molecular weight is 264 g/mol. The first kappa shape index (κ1) is 13.4. The van der Waals surface area contributed by atoms with Crippen LogP contribution in [0.3, 0.4) is 0 Å². The van der Waals surface area contributed by atoms with Crippen LogP contribution in [0.1, 0.15) is 23.2 Å². The maximum absolute atomic E-state index is 11.1. The molecule has 1 fully saturated rings. The minimum Gasteiger partial charge on any atom is -0.354 e. The van der Waals surface area contributed by atoms with Gasteiger partial charge in [-0.05, 0) is 13.8 Å². The van der Waals surface area contributed by atoms with Crippen LogP contribution < -0.4 is 10.6 Å². The van der Waals surface area contributed by atoms with E-state index in [1.54, 1.807) is 13.8 Å². The SMILES string of the molecule is Cc1cnc(CNC2CNC(=O)C2)c(C)c1[N+](=O)[O-]. The molecule has 7 nitrogen and oxygen atoms in total. The number of nitrogens with zero attached hydrogens (tertiary/aromatic N) is 2. The largest absolute Gasteiger partial charge is 0.354 e. The molecule has 1 aliphatic rings. The molecule has 0 aromatic carbocycles. The second-order valence-electron chi connectivity index (χ2n) is 4.70. The number of carbonyl (C=O) groups is 1. The predicted molar refractivity (Wildman–Crippen MR) is 68.6 cm³/mol. The number of hydrogen-bond acceptors (Lipinski definition) is 5. The lowest BCUT2D eigenvalue weighted by Gasteiger charge is -2.12. The summed E-state index contributed by atoms with van der Waals surface area (Å²) in [6.45, 7) is 4.39. The quantitative estimate of drug-likeness (QED) is 0.612.